The Morgan fingerprint density at radius 3 is 2.67 bits per heavy atom. The molecule has 3 heterocycles. The number of aromatic amines is 2. The maximum absolute atomic E-state index is 15.5. The van der Waals surface area contributed by atoms with Gasteiger partial charge in [0.25, 0.3) is 0 Å². The van der Waals surface area contributed by atoms with E-state index in [2.05, 4.69) is 19.7 Å². The van der Waals surface area contributed by atoms with Gasteiger partial charge >= 0.3 is 0 Å². The molecule has 2 aromatic carbocycles. The minimum atomic E-state index is -1.97. The predicted molar refractivity (Wildman–Crippen MR) is 146 cm³/mol. The Hall–Kier alpha value is -4.44. The smallest absolute Gasteiger partial charge is 0.201 e. The van der Waals surface area contributed by atoms with Crippen molar-refractivity contribution >= 4 is 44.4 Å². The van der Waals surface area contributed by atoms with Crippen LogP contribution >= 0.6 is 0 Å². The number of aromatic nitrogens is 3. The van der Waals surface area contributed by atoms with Gasteiger partial charge in [0.15, 0.2) is 5.82 Å². The van der Waals surface area contributed by atoms with Crippen LogP contribution in [0.1, 0.15) is 34.3 Å². The first-order valence-electron chi connectivity index (χ1n) is 12.1. The van der Waals surface area contributed by atoms with Crippen LogP contribution in [0.5, 0.6) is 0 Å². The molecule has 0 radical (unpaired) electrons. The highest BCUT2D eigenvalue weighted by Gasteiger charge is 2.26. The van der Waals surface area contributed by atoms with Gasteiger partial charge in [-0.05, 0) is 73.4 Å². The van der Waals surface area contributed by atoms with Crippen molar-refractivity contribution in [1.29, 1.82) is 0 Å². The molecule has 10 heteroatoms. The van der Waals surface area contributed by atoms with Crippen LogP contribution in [0.25, 0.3) is 33.1 Å². The predicted octanol–water partition coefficient (Wildman–Crippen LogP) is 7.14. The Balaban J connectivity index is 1.37. The number of H-pyrrole nitrogens is 2. The molecule has 0 spiro atoms. The fourth-order valence-corrected chi connectivity index (χ4v) is 5.72. The van der Waals surface area contributed by atoms with Crippen LogP contribution in [0.2, 0.25) is 0 Å². The molecule has 3 N–H and O–H groups in total. The summed E-state index contributed by atoms with van der Waals surface area (Å²) in [4.78, 5) is 24.2. The normalized spacial score (nSPS) is 14.4. The van der Waals surface area contributed by atoms with E-state index in [0.29, 0.717) is 23.9 Å². The lowest BCUT2D eigenvalue weighted by Gasteiger charge is -2.14. The van der Waals surface area contributed by atoms with E-state index in [1.807, 2.05) is 31.3 Å². The molecule has 0 bridgehead atoms. The second-order valence-corrected chi connectivity index (χ2v) is 10.5. The van der Waals surface area contributed by atoms with Crippen LogP contribution in [-0.2, 0) is 11.0 Å². The maximum atomic E-state index is 15.5. The number of fused-ring (bicyclic) bond motifs is 2. The lowest BCUT2D eigenvalue weighted by molar-refractivity contribution is 0.103. The van der Waals surface area contributed by atoms with Gasteiger partial charge in [0, 0.05) is 50.9 Å². The Kier molecular flexibility index (Phi) is 6.19. The van der Waals surface area contributed by atoms with E-state index in [1.54, 1.807) is 12.3 Å². The van der Waals surface area contributed by atoms with Gasteiger partial charge in [-0.25, -0.2) is 22.4 Å². The lowest BCUT2D eigenvalue weighted by Crippen LogP contribution is -2.13. The fraction of sp³-hybridized carbons (Fsp3) is 0.103. The van der Waals surface area contributed by atoms with Crippen molar-refractivity contribution in [3.8, 4) is 11.1 Å². The van der Waals surface area contributed by atoms with E-state index in [4.69, 9.17) is 0 Å². The third-order valence-corrected chi connectivity index (χ3v) is 7.99. The molecule has 0 amide bonds. The summed E-state index contributed by atoms with van der Waals surface area (Å²) in [5, 5.41) is 1.45. The minimum absolute atomic E-state index is 0.0384. The molecule has 6 nitrogen and oxygen atoms in total. The number of hydrogen-bond acceptors (Lipinski definition) is 3. The van der Waals surface area contributed by atoms with Crippen LogP contribution in [0.4, 0.5) is 18.9 Å². The molecule has 1 atom stereocenters. The number of hydrogen-bond donors (Lipinski definition) is 3. The quantitative estimate of drug-likeness (QED) is 0.198. The number of rotatable bonds is 6. The number of carbonyl (C=O) groups is 1. The summed E-state index contributed by atoms with van der Waals surface area (Å²) < 4.78 is 59.0. The van der Waals surface area contributed by atoms with Crippen molar-refractivity contribution in [1.82, 2.24) is 15.0 Å². The van der Waals surface area contributed by atoms with Crippen molar-refractivity contribution in [3.63, 3.8) is 0 Å². The number of benzene rings is 2. The number of ketones is 1. The lowest BCUT2D eigenvalue weighted by atomic mass is 9.99. The van der Waals surface area contributed by atoms with Crippen LogP contribution in [0.3, 0.4) is 0 Å². The van der Waals surface area contributed by atoms with Gasteiger partial charge in [0.05, 0.1) is 11.3 Å². The summed E-state index contributed by atoms with van der Waals surface area (Å²) in [6, 6.07) is 9.62. The van der Waals surface area contributed by atoms with Crippen molar-refractivity contribution in [2.45, 2.75) is 19.8 Å². The highest BCUT2D eigenvalue weighted by molar-refractivity contribution is 7.90. The SMILES string of the molecule is Cc1c[nH]c2ccc(-c3cnc4[nH]cc(C(=O)c5c(F)ccc(NS(=O)C6=CC(F)=CCC6)c5F)c4c3)cc12. The van der Waals surface area contributed by atoms with Crippen molar-refractivity contribution in [3.05, 3.63) is 106 Å². The minimum Gasteiger partial charge on any atom is -0.361 e. The van der Waals surface area contributed by atoms with Gasteiger partial charge < -0.3 is 9.97 Å². The molecule has 0 saturated heterocycles. The molecule has 1 aliphatic carbocycles. The Morgan fingerprint density at radius 1 is 1.03 bits per heavy atom. The van der Waals surface area contributed by atoms with E-state index >= 15 is 4.39 Å². The molecule has 3 aromatic heterocycles. The summed E-state index contributed by atoms with van der Waals surface area (Å²) in [6.45, 7) is 2.00. The van der Waals surface area contributed by atoms with Crippen molar-refractivity contribution in [2.75, 3.05) is 4.72 Å². The highest BCUT2D eigenvalue weighted by Crippen LogP contribution is 2.32. The number of nitrogens with one attached hydrogen (secondary N) is 3. The molecule has 5 aromatic rings. The van der Waals surface area contributed by atoms with Crippen LogP contribution in [0, 0.1) is 18.6 Å². The number of pyridine rings is 1. The fourth-order valence-electron chi connectivity index (χ4n) is 4.71. The van der Waals surface area contributed by atoms with Crippen molar-refractivity contribution < 1.29 is 22.2 Å². The number of nitrogens with zero attached hydrogens (tertiary/aromatic N) is 1. The molecule has 0 aliphatic heterocycles. The zero-order chi connectivity index (χ0) is 27.3. The summed E-state index contributed by atoms with van der Waals surface area (Å²) in [5.74, 6) is -3.68. The molecular weight excluding hydrogens is 525 g/mol. The first kappa shape index (κ1) is 24.9. The third-order valence-electron chi connectivity index (χ3n) is 6.79. The number of carbonyl (C=O) groups excluding carboxylic acids is 1. The summed E-state index contributed by atoms with van der Waals surface area (Å²) in [5.41, 5.74) is 2.97. The molecule has 196 valence electrons. The highest BCUT2D eigenvalue weighted by atomic mass is 32.2. The standard InChI is InChI=1S/C29H21F3N4O2S/c1-15-12-33-24-7-5-16(9-20(15)24)17-10-21-22(14-35-29(21)34-13-17)28(37)26-23(31)6-8-25(27(26)32)36-39(38)19-4-2-3-18(30)11-19/h3,5-14,33,36H,2,4H2,1H3,(H,34,35). The molecule has 1 unspecified atom stereocenters. The van der Waals surface area contributed by atoms with Gasteiger partial charge in [0.1, 0.15) is 28.3 Å². The summed E-state index contributed by atoms with van der Waals surface area (Å²) in [7, 11) is -1.97. The Labute approximate surface area is 223 Å². The Bertz CT molecular complexity index is 1890. The molecule has 0 fully saturated rings. The van der Waals surface area contributed by atoms with E-state index < -0.39 is 39.8 Å². The summed E-state index contributed by atoms with van der Waals surface area (Å²) in [6.07, 6.45) is 8.10. The van der Waals surface area contributed by atoms with Gasteiger partial charge in [-0.1, -0.05) is 6.07 Å². The zero-order valence-corrected chi connectivity index (χ0v) is 21.4. The van der Waals surface area contributed by atoms with Crippen LogP contribution in [0.15, 0.2) is 77.9 Å². The van der Waals surface area contributed by atoms with Gasteiger partial charge in [-0.3, -0.25) is 9.52 Å². The number of allylic oxidation sites excluding steroid dienone is 4. The number of anilines is 1. The van der Waals surface area contributed by atoms with E-state index in [9.17, 15) is 17.8 Å². The number of aryl methyl sites for hydroxylation is 1. The average Bonchev–Trinajstić information content (AvgIpc) is 3.53. The largest absolute Gasteiger partial charge is 0.361 e. The number of halogens is 3. The molecule has 0 saturated carbocycles. The average molecular weight is 547 g/mol. The molecule has 39 heavy (non-hydrogen) atoms. The van der Waals surface area contributed by atoms with E-state index in [0.717, 1.165) is 45.8 Å². The maximum Gasteiger partial charge on any atom is 0.201 e. The first-order chi connectivity index (χ1) is 18.8. The van der Waals surface area contributed by atoms with Crippen LogP contribution in [-0.4, -0.2) is 24.9 Å². The second-order valence-electron chi connectivity index (χ2n) is 9.28. The van der Waals surface area contributed by atoms with Gasteiger partial charge in [-0.15, -0.1) is 0 Å². The topological polar surface area (TPSA) is 90.6 Å². The zero-order valence-electron chi connectivity index (χ0n) is 20.6. The first-order valence-corrected chi connectivity index (χ1v) is 13.3. The van der Waals surface area contributed by atoms with E-state index in [-0.39, 0.29) is 16.2 Å². The summed E-state index contributed by atoms with van der Waals surface area (Å²) >= 11 is 0. The Morgan fingerprint density at radius 2 is 1.85 bits per heavy atom. The van der Waals surface area contributed by atoms with Crippen molar-refractivity contribution in [2.24, 2.45) is 0 Å². The molecule has 1 aliphatic rings. The van der Waals surface area contributed by atoms with Gasteiger partial charge in [0.2, 0.25) is 5.78 Å². The monoisotopic (exact) mass is 546 g/mol. The third kappa shape index (κ3) is 4.46. The molecular formula is C29H21F3N4O2S. The van der Waals surface area contributed by atoms with E-state index in [1.165, 1.54) is 12.3 Å². The second kappa shape index (κ2) is 9.70. The van der Waals surface area contributed by atoms with Crippen LogP contribution < -0.4 is 4.72 Å². The molecule has 6 rings (SSSR count). The van der Waals surface area contributed by atoms with Gasteiger partial charge in [-0.2, -0.15) is 0 Å².